The van der Waals surface area contributed by atoms with Crippen molar-refractivity contribution in [2.45, 2.75) is 19.8 Å². The maximum absolute atomic E-state index is 13.5. The van der Waals surface area contributed by atoms with Gasteiger partial charge in [0.15, 0.2) is 11.5 Å². The van der Waals surface area contributed by atoms with Gasteiger partial charge in [0.05, 0.1) is 38.1 Å². The molecule has 0 spiro atoms. The van der Waals surface area contributed by atoms with Crippen molar-refractivity contribution in [1.82, 2.24) is 9.88 Å². The number of amides is 1. The number of pyridine rings is 1. The first-order chi connectivity index (χ1) is 15.0. The van der Waals surface area contributed by atoms with Crippen molar-refractivity contribution in [3.05, 3.63) is 48.0 Å². The van der Waals surface area contributed by atoms with Crippen LogP contribution in [-0.4, -0.2) is 50.2 Å². The van der Waals surface area contributed by atoms with Gasteiger partial charge in [0.25, 0.3) is 5.91 Å². The maximum atomic E-state index is 13.5. The predicted molar refractivity (Wildman–Crippen MR) is 121 cm³/mol. The van der Waals surface area contributed by atoms with E-state index in [0.717, 1.165) is 42.4 Å². The summed E-state index contributed by atoms with van der Waals surface area (Å²) in [7, 11) is 4.74. The summed E-state index contributed by atoms with van der Waals surface area (Å²) >= 11 is 0. The van der Waals surface area contributed by atoms with E-state index in [4.69, 9.17) is 19.2 Å². The quantitative estimate of drug-likeness (QED) is 0.593. The molecule has 1 atom stereocenters. The Hall–Kier alpha value is -3.28. The number of para-hydroxylation sites is 1. The molecule has 1 fully saturated rings. The Bertz CT molecular complexity index is 1090. The van der Waals surface area contributed by atoms with Crippen LogP contribution >= 0.6 is 0 Å². The van der Waals surface area contributed by atoms with E-state index in [-0.39, 0.29) is 5.91 Å². The van der Waals surface area contributed by atoms with Gasteiger partial charge in [-0.25, -0.2) is 4.98 Å². The van der Waals surface area contributed by atoms with E-state index in [2.05, 4.69) is 6.92 Å². The van der Waals surface area contributed by atoms with Crippen LogP contribution in [0.3, 0.4) is 0 Å². The van der Waals surface area contributed by atoms with Crippen molar-refractivity contribution in [3.8, 4) is 28.5 Å². The minimum atomic E-state index is 0.0545. The van der Waals surface area contributed by atoms with Crippen molar-refractivity contribution in [3.63, 3.8) is 0 Å². The lowest BCUT2D eigenvalue weighted by atomic mass is 9.98. The Balaban J connectivity index is 1.86. The number of benzene rings is 2. The minimum absolute atomic E-state index is 0.0545. The largest absolute Gasteiger partial charge is 0.493 e. The molecule has 1 aliphatic heterocycles. The van der Waals surface area contributed by atoms with Gasteiger partial charge in [-0.1, -0.05) is 25.1 Å². The lowest BCUT2D eigenvalue weighted by Gasteiger charge is -2.31. The molecule has 2 heterocycles. The summed E-state index contributed by atoms with van der Waals surface area (Å²) in [5, 5.41) is 0.863. The zero-order valence-corrected chi connectivity index (χ0v) is 18.5. The fourth-order valence-electron chi connectivity index (χ4n) is 4.27. The normalized spacial score (nSPS) is 16.3. The molecule has 4 rings (SSSR count). The summed E-state index contributed by atoms with van der Waals surface area (Å²) in [6.45, 7) is 3.78. The Kier molecular flexibility index (Phi) is 5.98. The van der Waals surface area contributed by atoms with Gasteiger partial charge in [0.2, 0.25) is 5.75 Å². The lowest BCUT2D eigenvalue weighted by molar-refractivity contribution is 0.0685. The van der Waals surface area contributed by atoms with Gasteiger partial charge in [-0.3, -0.25) is 4.79 Å². The smallest absolute Gasteiger partial charge is 0.254 e. The Morgan fingerprint density at radius 3 is 2.39 bits per heavy atom. The fourth-order valence-corrected chi connectivity index (χ4v) is 4.27. The molecule has 1 saturated heterocycles. The van der Waals surface area contributed by atoms with Crippen LogP contribution in [0.25, 0.3) is 22.2 Å². The van der Waals surface area contributed by atoms with Crippen LogP contribution < -0.4 is 14.2 Å². The molecule has 6 nitrogen and oxygen atoms in total. The maximum Gasteiger partial charge on any atom is 0.254 e. The third-order valence-corrected chi connectivity index (χ3v) is 5.85. The van der Waals surface area contributed by atoms with Crippen LogP contribution in [0.1, 0.15) is 30.1 Å². The summed E-state index contributed by atoms with van der Waals surface area (Å²) in [6.07, 6.45) is 2.20. The van der Waals surface area contributed by atoms with Crippen LogP contribution in [-0.2, 0) is 0 Å². The number of piperidine rings is 1. The van der Waals surface area contributed by atoms with Gasteiger partial charge >= 0.3 is 0 Å². The molecule has 2 aromatic carbocycles. The van der Waals surface area contributed by atoms with Crippen LogP contribution in [0.5, 0.6) is 17.2 Å². The second-order valence-electron chi connectivity index (χ2n) is 7.98. The number of fused-ring (bicyclic) bond motifs is 1. The first kappa shape index (κ1) is 21.0. The van der Waals surface area contributed by atoms with E-state index in [1.165, 1.54) is 0 Å². The van der Waals surface area contributed by atoms with Gasteiger partial charge in [0.1, 0.15) is 0 Å². The molecule has 0 aliphatic carbocycles. The van der Waals surface area contributed by atoms with Crippen LogP contribution in [0, 0.1) is 5.92 Å². The van der Waals surface area contributed by atoms with Crippen LogP contribution in [0.4, 0.5) is 0 Å². The van der Waals surface area contributed by atoms with Crippen molar-refractivity contribution in [2.24, 2.45) is 5.92 Å². The second-order valence-corrected chi connectivity index (χ2v) is 7.98. The molecule has 162 valence electrons. The number of hydrogen-bond donors (Lipinski definition) is 0. The molecule has 1 aliphatic rings. The summed E-state index contributed by atoms with van der Waals surface area (Å²) in [5.41, 5.74) is 2.93. The SMILES string of the molecule is COc1cc(-c2cc(C(=O)N3CCCC(C)C3)c3ccccc3n2)cc(OC)c1OC. The second kappa shape index (κ2) is 8.84. The minimum Gasteiger partial charge on any atom is -0.493 e. The van der Waals surface area contributed by atoms with Crippen molar-refractivity contribution >= 4 is 16.8 Å². The molecule has 0 bridgehead atoms. The van der Waals surface area contributed by atoms with E-state index < -0.39 is 0 Å². The number of ether oxygens (including phenoxy) is 3. The number of aromatic nitrogens is 1. The summed E-state index contributed by atoms with van der Waals surface area (Å²) in [4.78, 5) is 20.3. The third-order valence-electron chi connectivity index (χ3n) is 5.85. The lowest BCUT2D eigenvalue weighted by Crippen LogP contribution is -2.39. The molecular formula is C25H28N2O4. The highest BCUT2D eigenvalue weighted by atomic mass is 16.5. The van der Waals surface area contributed by atoms with Gasteiger partial charge in [-0.05, 0) is 43.0 Å². The Morgan fingerprint density at radius 2 is 1.74 bits per heavy atom. The number of hydrogen-bond acceptors (Lipinski definition) is 5. The number of nitrogens with zero attached hydrogens (tertiary/aromatic N) is 2. The van der Waals surface area contributed by atoms with Crippen molar-refractivity contribution in [2.75, 3.05) is 34.4 Å². The van der Waals surface area contributed by atoms with E-state index in [0.29, 0.717) is 34.4 Å². The monoisotopic (exact) mass is 420 g/mol. The number of likely N-dealkylation sites (tertiary alicyclic amines) is 1. The average Bonchev–Trinajstić information content (AvgIpc) is 2.81. The molecule has 1 unspecified atom stereocenters. The highest BCUT2D eigenvalue weighted by Crippen LogP contribution is 2.41. The zero-order chi connectivity index (χ0) is 22.0. The van der Waals surface area contributed by atoms with Crippen LogP contribution in [0.2, 0.25) is 0 Å². The van der Waals surface area contributed by atoms with Gasteiger partial charge in [-0.2, -0.15) is 0 Å². The number of carbonyl (C=O) groups excluding carboxylic acids is 1. The topological polar surface area (TPSA) is 60.9 Å². The van der Waals surface area contributed by atoms with Crippen molar-refractivity contribution in [1.29, 1.82) is 0 Å². The molecule has 1 amide bonds. The molecule has 0 N–H and O–H groups in total. The molecule has 0 radical (unpaired) electrons. The predicted octanol–water partition coefficient (Wildman–Crippen LogP) is 4.80. The van der Waals surface area contributed by atoms with Crippen LogP contribution in [0.15, 0.2) is 42.5 Å². The summed E-state index contributed by atoms with van der Waals surface area (Å²) in [5.74, 6) is 2.18. The van der Waals surface area contributed by atoms with Gasteiger partial charge in [0, 0.05) is 24.0 Å². The highest BCUT2D eigenvalue weighted by molar-refractivity contribution is 6.07. The Morgan fingerprint density at radius 1 is 1.03 bits per heavy atom. The Labute approximate surface area is 182 Å². The molecular weight excluding hydrogens is 392 g/mol. The summed E-state index contributed by atoms with van der Waals surface area (Å²) < 4.78 is 16.4. The number of methoxy groups -OCH3 is 3. The fraction of sp³-hybridized carbons (Fsp3) is 0.360. The number of carbonyl (C=O) groups is 1. The average molecular weight is 421 g/mol. The van der Waals surface area contributed by atoms with Gasteiger partial charge < -0.3 is 19.1 Å². The summed E-state index contributed by atoms with van der Waals surface area (Å²) in [6, 6.07) is 13.4. The standard InChI is InChI=1S/C25H28N2O4/c1-16-8-7-11-27(15-16)25(28)19-14-21(26-20-10-6-5-9-18(19)20)17-12-22(29-2)24(31-4)23(13-17)30-3/h5-6,9-10,12-14,16H,7-8,11,15H2,1-4H3. The first-order valence-corrected chi connectivity index (χ1v) is 10.5. The first-order valence-electron chi connectivity index (χ1n) is 10.5. The molecule has 1 aromatic heterocycles. The van der Waals surface area contributed by atoms with E-state index >= 15 is 0 Å². The van der Waals surface area contributed by atoms with Crippen molar-refractivity contribution < 1.29 is 19.0 Å². The van der Waals surface area contributed by atoms with E-state index in [1.807, 2.05) is 47.4 Å². The highest BCUT2D eigenvalue weighted by Gasteiger charge is 2.25. The molecule has 0 saturated carbocycles. The van der Waals surface area contributed by atoms with E-state index in [9.17, 15) is 4.79 Å². The van der Waals surface area contributed by atoms with E-state index in [1.54, 1.807) is 21.3 Å². The number of rotatable bonds is 5. The molecule has 31 heavy (non-hydrogen) atoms. The third kappa shape index (κ3) is 4.02. The molecule has 3 aromatic rings. The van der Waals surface area contributed by atoms with Gasteiger partial charge in [-0.15, -0.1) is 0 Å². The molecule has 6 heteroatoms. The zero-order valence-electron chi connectivity index (χ0n) is 18.5.